The standard InChI is InChI=1S/C16H14BrClFNO2/c1-22-15-7-6-11(18)9-14(15)20-16(21)12(17)8-10-4-2-3-5-13(10)19/h2-7,9,12H,8H2,1H3,(H,20,21). The number of methoxy groups -OCH3 is 1. The van der Waals surface area contributed by atoms with Crippen LogP contribution in [0.25, 0.3) is 0 Å². The predicted molar refractivity (Wildman–Crippen MR) is 89.5 cm³/mol. The van der Waals surface area contributed by atoms with Gasteiger partial charge >= 0.3 is 0 Å². The van der Waals surface area contributed by atoms with Crippen LogP contribution in [0.1, 0.15) is 5.56 Å². The maximum atomic E-state index is 13.6. The molecule has 2 aromatic carbocycles. The number of carbonyl (C=O) groups is 1. The average molecular weight is 387 g/mol. The molecule has 22 heavy (non-hydrogen) atoms. The zero-order valence-electron chi connectivity index (χ0n) is 11.8. The van der Waals surface area contributed by atoms with Crippen LogP contribution in [0, 0.1) is 5.82 Å². The van der Waals surface area contributed by atoms with Crippen LogP contribution >= 0.6 is 27.5 Å². The highest BCUT2D eigenvalue weighted by molar-refractivity contribution is 9.10. The molecule has 0 saturated carbocycles. The summed E-state index contributed by atoms with van der Waals surface area (Å²) >= 11 is 9.20. The fraction of sp³-hybridized carbons (Fsp3) is 0.188. The van der Waals surface area contributed by atoms with E-state index in [9.17, 15) is 9.18 Å². The lowest BCUT2D eigenvalue weighted by Gasteiger charge is -2.14. The van der Waals surface area contributed by atoms with Gasteiger partial charge in [0.15, 0.2) is 0 Å². The molecule has 0 bridgehead atoms. The molecule has 116 valence electrons. The lowest BCUT2D eigenvalue weighted by Crippen LogP contribution is -2.25. The van der Waals surface area contributed by atoms with E-state index >= 15 is 0 Å². The summed E-state index contributed by atoms with van der Waals surface area (Å²) < 4.78 is 18.8. The topological polar surface area (TPSA) is 38.3 Å². The van der Waals surface area contributed by atoms with Crippen molar-refractivity contribution < 1.29 is 13.9 Å². The van der Waals surface area contributed by atoms with E-state index in [0.717, 1.165) is 0 Å². The molecule has 1 unspecified atom stereocenters. The Hall–Kier alpha value is -1.59. The highest BCUT2D eigenvalue weighted by atomic mass is 79.9. The van der Waals surface area contributed by atoms with Gasteiger partial charge in [-0.3, -0.25) is 4.79 Å². The molecule has 0 aliphatic heterocycles. The number of benzene rings is 2. The van der Waals surface area contributed by atoms with E-state index in [1.807, 2.05) is 0 Å². The average Bonchev–Trinajstić information content (AvgIpc) is 2.49. The second-order valence-corrected chi connectivity index (χ2v) is 6.14. The van der Waals surface area contributed by atoms with E-state index in [1.54, 1.807) is 36.4 Å². The molecular formula is C16H14BrClFNO2. The lowest BCUT2D eigenvalue weighted by atomic mass is 10.1. The van der Waals surface area contributed by atoms with Gasteiger partial charge in [0.1, 0.15) is 11.6 Å². The van der Waals surface area contributed by atoms with Gasteiger partial charge in [-0.2, -0.15) is 0 Å². The van der Waals surface area contributed by atoms with E-state index in [0.29, 0.717) is 22.0 Å². The highest BCUT2D eigenvalue weighted by Gasteiger charge is 2.18. The van der Waals surface area contributed by atoms with Crippen LogP contribution in [0.2, 0.25) is 5.02 Å². The number of nitrogens with one attached hydrogen (secondary N) is 1. The molecule has 1 atom stereocenters. The van der Waals surface area contributed by atoms with Crippen LogP contribution < -0.4 is 10.1 Å². The summed E-state index contributed by atoms with van der Waals surface area (Å²) in [6.07, 6.45) is 0.237. The van der Waals surface area contributed by atoms with Crippen LogP contribution in [0.5, 0.6) is 5.75 Å². The van der Waals surface area contributed by atoms with Crippen molar-refractivity contribution in [1.29, 1.82) is 0 Å². The van der Waals surface area contributed by atoms with E-state index in [4.69, 9.17) is 16.3 Å². The quantitative estimate of drug-likeness (QED) is 0.772. The van der Waals surface area contributed by atoms with Crippen molar-refractivity contribution in [3.8, 4) is 5.75 Å². The maximum absolute atomic E-state index is 13.6. The SMILES string of the molecule is COc1ccc(Cl)cc1NC(=O)C(Br)Cc1ccccc1F. The molecule has 2 rings (SSSR count). The van der Waals surface area contributed by atoms with Crippen molar-refractivity contribution in [2.24, 2.45) is 0 Å². The Balaban J connectivity index is 2.09. The summed E-state index contributed by atoms with van der Waals surface area (Å²) in [5.41, 5.74) is 0.940. The summed E-state index contributed by atoms with van der Waals surface area (Å²) in [6, 6.07) is 11.3. The van der Waals surface area contributed by atoms with Crippen LogP contribution in [0.15, 0.2) is 42.5 Å². The summed E-state index contributed by atoms with van der Waals surface area (Å²) in [6.45, 7) is 0. The van der Waals surface area contributed by atoms with E-state index in [2.05, 4.69) is 21.2 Å². The third-order valence-electron chi connectivity index (χ3n) is 3.06. The summed E-state index contributed by atoms with van der Waals surface area (Å²) in [5, 5.41) is 3.21. The highest BCUT2D eigenvalue weighted by Crippen LogP contribution is 2.28. The minimum absolute atomic E-state index is 0.237. The lowest BCUT2D eigenvalue weighted by molar-refractivity contribution is -0.115. The summed E-state index contributed by atoms with van der Waals surface area (Å²) in [7, 11) is 1.50. The zero-order valence-corrected chi connectivity index (χ0v) is 14.1. The minimum Gasteiger partial charge on any atom is -0.495 e. The number of hydrogen-bond donors (Lipinski definition) is 1. The molecule has 6 heteroatoms. The Labute approximate surface area is 141 Å². The molecule has 2 aromatic rings. The van der Waals surface area contributed by atoms with Gasteiger partial charge in [0, 0.05) is 5.02 Å². The van der Waals surface area contributed by atoms with Crippen molar-refractivity contribution in [1.82, 2.24) is 0 Å². The van der Waals surface area contributed by atoms with E-state index in [1.165, 1.54) is 13.2 Å². The molecule has 0 aliphatic rings. The monoisotopic (exact) mass is 385 g/mol. The molecule has 1 amide bonds. The maximum Gasteiger partial charge on any atom is 0.238 e. The number of rotatable bonds is 5. The van der Waals surface area contributed by atoms with E-state index in [-0.39, 0.29) is 18.1 Å². The minimum atomic E-state index is -0.576. The van der Waals surface area contributed by atoms with Crippen LogP contribution in [-0.2, 0) is 11.2 Å². The van der Waals surface area contributed by atoms with Crippen molar-refractivity contribution in [2.75, 3.05) is 12.4 Å². The van der Waals surface area contributed by atoms with Gasteiger partial charge in [0.2, 0.25) is 5.91 Å². The Kier molecular flexibility index (Phi) is 5.80. The number of anilines is 1. The largest absolute Gasteiger partial charge is 0.495 e. The molecule has 0 radical (unpaired) electrons. The first-order chi connectivity index (χ1) is 10.5. The van der Waals surface area contributed by atoms with Gasteiger partial charge < -0.3 is 10.1 Å². The van der Waals surface area contributed by atoms with Gasteiger partial charge in [0.25, 0.3) is 0 Å². The second kappa shape index (κ2) is 7.61. The molecule has 3 nitrogen and oxygen atoms in total. The van der Waals surface area contributed by atoms with Crippen LogP contribution in [0.4, 0.5) is 10.1 Å². The van der Waals surface area contributed by atoms with Gasteiger partial charge in [0.05, 0.1) is 17.6 Å². The smallest absolute Gasteiger partial charge is 0.238 e. The molecule has 0 heterocycles. The molecular weight excluding hydrogens is 373 g/mol. The van der Waals surface area contributed by atoms with Gasteiger partial charge in [-0.15, -0.1) is 0 Å². The Morgan fingerprint density at radius 3 is 2.77 bits per heavy atom. The number of halogens is 3. The van der Waals surface area contributed by atoms with Crippen LogP contribution in [-0.4, -0.2) is 17.8 Å². The first kappa shape index (κ1) is 16.8. The number of hydrogen-bond acceptors (Lipinski definition) is 2. The number of ether oxygens (including phenoxy) is 1. The summed E-state index contributed by atoms with van der Waals surface area (Å²) in [4.78, 5) is 11.7. The Bertz CT molecular complexity index is 681. The first-order valence-electron chi connectivity index (χ1n) is 6.53. The fourth-order valence-corrected chi connectivity index (χ4v) is 2.57. The molecule has 0 saturated heterocycles. The molecule has 1 N–H and O–H groups in total. The van der Waals surface area contributed by atoms with Gasteiger partial charge in [-0.05, 0) is 36.2 Å². The molecule has 0 spiro atoms. The Morgan fingerprint density at radius 1 is 1.36 bits per heavy atom. The third kappa shape index (κ3) is 4.21. The van der Waals surface area contributed by atoms with Gasteiger partial charge in [-0.1, -0.05) is 45.7 Å². The summed E-state index contributed by atoms with van der Waals surface area (Å²) in [5.74, 6) is -0.132. The number of carbonyl (C=O) groups excluding carboxylic acids is 1. The fourth-order valence-electron chi connectivity index (χ4n) is 1.94. The molecule has 0 aliphatic carbocycles. The Morgan fingerprint density at radius 2 is 2.09 bits per heavy atom. The van der Waals surface area contributed by atoms with Crippen molar-refractivity contribution in [2.45, 2.75) is 11.2 Å². The third-order valence-corrected chi connectivity index (χ3v) is 4.04. The van der Waals surface area contributed by atoms with Crippen molar-refractivity contribution >= 4 is 39.1 Å². The predicted octanol–water partition coefficient (Wildman–Crippen LogP) is 4.43. The van der Waals surface area contributed by atoms with Gasteiger partial charge in [-0.25, -0.2) is 4.39 Å². The normalized spacial score (nSPS) is 11.8. The second-order valence-electron chi connectivity index (χ2n) is 4.60. The molecule has 0 aromatic heterocycles. The number of amides is 1. The van der Waals surface area contributed by atoms with Crippen molar-refractivity contribution in [3.63, 3.8) is 0 Å². The molecule has 0 fully saturated rings. The van der Waals surface area contributed by atoms with E-state index < -0.39 is 4.83 Å². The zero-order chi connectivity index (χ0) is 16.1. The van der Waals surface area contributed by atoms with Crippen LogP contribution in [0.3, 0.4) is 0 Å². The van der Waals surface area contributed by atoms with Crippen molar-refractivity contribution in [3.05, 3.63) is 58.9 Å². The first-order valence-corrected chi connectivity index (χ1v) is 7.82. The number of alkyl halides is 1.